The Hall–Kier alpha value is -0.600. The van der Waals surface area contributed by atoms with Crippen LogP contribution in [0.25, 0.3) is 0 Å². The topological polar surface area (TPSA) is 46.2 Å². The molecule has 1 aromatic rings. The largest absolute Gasteiger partial charge is 0.416 e. The Morgan fingerprint density at radius 1 is 1.33 bits per heavy atom. The van der Waals surface area contributed by atoms with Crippen LogP contribution >= 0.6 is 15.9 Å². The van der Waals surface area contributed by atoms with Crippen molar-refractivity contribution in [3.8, 4) is 0 Å². The molecule has 1 aromatic carbocycles. The maximum atomic E-state index is 12.8. The number of nitrogens with one attached hydrogen (secondary N) is 1. The predicted molar refractivity (Wildman–Crippen MR) is 79.9 cm³/mol. The highest BCUT2D eigenvalue weighted by molar-refractivity contribution is 9.10. The van der Waals surface area contributed by atoms with Crippen LogP contribution in [0.1, 0.15) is 30.5 Å². The molecule has 0 bridgehead atoms. The SMILES string of the molecule is CCNC(CCS(C)(=O)=O)c1cc(C(F)(F)F)ccc1Br. The van der Waals surface area contributed by atoms with Gasteiger partial charge in [-0.3, -0.25) is 0 Å². The van der Waals surface area contributed by atoms with Crippen molar-refractivity contribution < 1.29 is 21.6 Å². The smallest absolute Gasteiger partial charge is 0.310 e. The second-order valence-electron chi connectivity index (χ2n) is 4.76. The van der Waals surface area contributed by atoms with Gasteiger partial charge in [0, 0.05) is 16.8 Å². The average Bonchev–Trinajstić information content (AvgIpc) is 2.33. The molecule has 0 aliphatic rings. The van der Waals surface area contributed by atoms with E-state index in [1.807, 2.05) is 6.92 Å². The van der Waals surface area contributed by atoms with E-state index in [2.05, 4.69) is 21.2 Å². The number of sulfone groups is 1. The Bertz CT molecular complexity index is 588. The number of alkyl halides is 3. The molecule has 0 aliphatic heterocycles. The van der Waals surface area contributed by atoms with E-state index in [-0.39, 0.29) is 12.2 Å². The highest BCUT2D eigenvalue weighted by Crippen LogP contribution is 2.34. The van der Waals surface area contributed by atoms with Gasteiger partial charge in [-0.15, -0.1) is 0 Å². The Kier molecular flexibility index (Phi) is 6.24. The summed E-state index contributed by atoms with van der Waals surface area (Å²) in [6.07, 6.45) is -3.10. The minimum atomic E-state index is -4.43. The fourth-order valence-corrected chi connectivity index (χ4v) is 3.12. The number of halogens is 4. The molecule has 0 aliphatic carbocycles. The van der Waals surface area contributed by atoms with Crippen molar-refractivity contribution in [2.75, 3.05) is 18.6 Å². The summed E-state index contributed by atoms with van der Waals surface area (Å²) in [5, 5.41) is 3.03. The highest BCUT2D eigenvalue weighted by atomic mass is 79.9. The molecule has 21 heavy (non-hydrogen) atoms. The molecule has 0 saturated heterocycles. The summed E-state index contributed by atoms with van der Waals surface area (Å²) in [7, 11) is -3.17. The van der Waals surface area contributed by atoms with Crippen LogP contribution in [0.2, 0.25) is 0 Å². The van der Waals surface area contributed by atoms with Crippen LogP contribution in [0, 0.1) is 0 Å². The fraction of sp³-hybridized carbons (Fsp3) is 0.538. The normalized spacial score (nSPS) is 14.2. The van der Waals surface area contributed by atoms with E-state index in [1.165, 1.54) is 6.07 Å². The molecule has 3 nitrogen and oxygen atoms in total. The quantitative estimate of drug-likeness (QED) is 0.811. The Balaban J connectivity index is 3.12. The zero-order chi connectivity index (χ0) is 16.3. The van der Waals surface area contributed by atoms with Gasteiger partial charge >= 0.3 is 6.18 Å². The van der Waals surface area contributed by atoms with Crippen molar-refractivity contribution in [1.82, 2.24) is 5.32 Å². The first-order valence-corrected chi connectivity index (χ1v) is 9.17. The lowest BCUT2D eigenvalue weighted by Gasteiger charge is -2.21. The van der Waals surface area contributed by atoms with Gasteiger partial charge in [-0.2, -0.15) is 13.2 Å². The number of hydrogen-bond acceptors (Lipinski definition) is 3. The minimum absolute atomic E-state index is 0.0899. The van der Waals surface area contributed by atoms with Crippen molar-refractivity contribution in [3.63, 3.8) is 0 Å². The first-order valence-electron chi connectivity index (χ1n) is 6.32. The number of benzene rings is 1. The van der Waals surface area contributed by atoms with Gasteiger partial charge in [0.2, 0.25) is 0 Å². The van der Waals surface area contributed by atoms with E-state index < -0.39 is 27.6 Å². The Morgan fingerprint density at radius 3 is 2.43 bits per heavy atom. The third kappa shape index (κ3) is 5.96. The van der Waals surface area contributed by atoms with E-state index in [0.29, 0.717) is 16.6 Å². The van der Waals surface area contributed by atoms with Gasteiger partial charge in [-0.25, -0.2) is 8.42 Å². The van der Waals surface area contributed by atoms with Gasteiger partial charge < -0.3 is 5.32 Å². The van der Waals surface area contributed by atoms with Crippen molar-refractivity contribution in [2.45, 2.75) is 25.6 Å². The van der Waals surface area contributed by atoms with Crippen LogP contribution in [-0.4, -0.2) is 27.0 Å². The molecular formula is C13H17BrF3NO2S. The van der Waals surface area contributed by atoms with E-state index in [4.69, 9.17) is 0 Å². The molecule has 1 unspecified atom stereocenters. The average molecular weight is 388 g/mol. The summed E-state index contributed by atoms with van der Waals surface area (Å²) in [5.41, 5.74) is -0.335. The zero-order valence-corrected chi connectivity index (χ0v) is 14.1. The van der Waals surface area contributed by atoms with Crippen LogP contribution < -0.4 is 5.32 Å². The van der Waals surface area contributed by atoms with E-state index in [1.54, 1.807) is 0 Å². The summed E-state index contributed by atoms with van der Waals surface area (Å²) < 4.78 is 61.4. The maximum absolute atomic E-state index is 12.8. The molecule has 0 spiro atoms. The molecule has 0 radical (unpaired) electrons. The number of hydrogen-bond donors (Lipinski definition) is 1. The van der Waals surface area contributed by atoms with Gasteiger partial charge in [0.05, 0.1) is 11.3 Å². The highest BCUT2D eigenvalue weighted by Gasteiger charge is 2.31. The maximum Gasteiger partial charge on any atom is 0.416 e. The molecule has 1 N–H and O–H groups in total. The van der Waals surface area contributed by atoms with Crippen molar-refractivity contribution in [3.05, 3.63) is 33.8 Å². The van der Waals surface area contributed by atoms with E-state index in [0.717, 1.165) is 18.4 Å². The summed E-state index contributed by atoms with van der Waals surface area (Å²) in [4.78, 5) is 0. The first kappa shape index (κ1) is 18.4. The predicted octanol–water partition coefficient (Wildman–Crippen LogP) is 3.55. The second kappa shape index (κ2) is 7.11. The van der Waals surface area contributed by atoms with E-state index >= 15 is 0 Å². The summed E-state index contributed by atoms with van der Waals surface area (Å²) >= 11 is 3.23. The zero-order valence-electron chi connectivity index (χ0n) is 11.7. The molecule has 120 valence electrons. The lowest BCUT2D eigenvalue weighted by molar-refractivity contribution is -0.137. The molecule has 0 heterocycles. The minimum Gasteiger partial charge on any atom is -0.310 e. The molecule has 0 aromatic heterocycles. The molecule has 0 amide bonds. The Labute approximate surface area is 131 Å². The fourth-order valence-electron chi connectivity index (χ4n) is 1.93. The lowest BCUT2D eigenvalue weighted by Crippen LogP contribution is -2.24. The van der Waals surface area contributed by atoms with Gasteiger partial charge in [0.15, 0.2) is 0 Å². The van der Waals surface area contributed by atoms with Crippen LogP contribution in [0.15, 0.2) is 22.7 Å². The van der Waals surface area contributed by atoms with Gasteiger partial charge in [-0.05, 0) is 36.7 Å². The van der Waals surface area contributed by atoms with Crippen LogP contribution in [0.5, 0.6) is 0 Å². The van der Waals surface area contributed by atoms with Crippen LogP contribution in [-0.2, 0) is 16.0 Å². The molecule has 8 heteroatoms. The summed E-state index contributed by atoms with van der Waals surface area (Å²) in [6.45, 7) is 2.34. The standard InChI is InChI=1S/C13H17BrF3NO2S/c1-3-18-12(6-7-21(2,19)20)10-8-9(13(15,16)17)4-5-11(10)14/h4-5,8,12,18H,3,6-7H2,1-2H3. The van der Waals surface area contributed by atoms with Crippen LogP contribution in [0.4, 0.5) is 13.2 Å². The van der Waals surface area contributed by atoms with Gasteiger partial charge in [-0.1, -0.05) is 22.9 Å². The molecule has 0 saturated carbocycles. The Morgan fingerprint density at radius 2 is 1.95 bits per heavy atom. The molecule has 0 fully saturated rings. The molecule has 1 atom stereocenters. The third-order valence-corrected chi connectivity index (χ3v) is 4.63. The molecular weight excluding hydrogens is 371 g/mol. The molecule has 1 rings (SSSR count). The monoisotopic (exact) mass is 387 g/mol. The van der Waals surface area contributed by atoms with Gasteiger partial charge in [0.25, 0.3) is 0 Å². The summed E-state index contributed by atoms with van der Waals surface area (Å²) in [6, 6.07) is 2.93. The lowest BCUT2D eigenvalue weighted by atomic mass is 10.0. The number of rotatable bonds is 6. The van der Waals surface area contributed by atoms with Crippen LogP contribution in [0.3, 0.4) is 0 Å². The summed E-state index contributed by atoms with van der Waals surface area (Å²) in [5.74, 6) is -0.0899. The third-order valence-electron chi connectivity index (χ3n) is 2.93. The van der Waals surface area contributed by atoms with Crippen molar-refractivity contribution in [2.24, 2.45) is 0 Å². The second-order valence-corrected chi connectivity index (χ2v) is 7.88. The first-order chi connectivity index (χ1) is 9.54. The van der Waals surface area contributed by atoms with Crippen molar-refractivity contribution >= 4 is 25.8 Å². The van der Waals surface area contributed by atoms with Gasteiger partial charge in [0.1, 0.15) is 9.84 Å². The van der Waals surface area contributed by atoms with Crippen molar-refractivity contribution in [1.29, 1.82) is 0 Å². The van der Waals surface area contributed by atoms with E-state index in [9.17, 15) is 21.6 Å².